The Hall–Kier alpha value is -0.850. The van der Waals surface area contributed by atoms with Gasteiger partial charge in [0.15, 0.2) is 17.5 Å². The van der Waals surface area contributed by atoms with Crippen LogP contribution in [0.15, 0.2) is 39.3 Å². The van der Waals surface area contributed by atoms with E-state index in [2.05, 4.69) is 31.9 Å². The average Bonchev–Trinajstić information content (AvgIpc) is 2.34. The number of hydrogen-bond donors (Lipinski definition) is 1. The number of halogens is 5. The molecule has 100 valence electrons. The van der Waals surface area contributed by atoms with E-state index in [1.165, 1.54) is 0 Å². The van der Waals surface area contributed by atoms with Crippen molar-refractivity contribution in [3.8, 4) is 0 Å². The van der Waals surface area contributed by atoms with E-state index >= 15 is 0 Å². The van der Waals surface area contributed by atoms with Gasteiger partial charge in [-0.05, 0) is 29.8 Å². The minimum Gasteiger partial charge on any atom is -0.384 e. The molecule has 0 spiro atoms. The first-order chi connectivity index (χ1) is 8.90. The molecule has 0 aliphatic rings. The SMILES string of the molecule is OC(c1cc(Br)cc(Br)c1)c1ccc(F)c(F)c1F. The summed E-state index contributed by atoms with van der Waals surface area (Å²) in [5.41, 5.74) is 0.0371. The molecule has 0 heterocycles. The second kappa shape index (κ2) is 5.64. The van der Waals surface area contributed by atoms with E-state index in [4.69, 9.17) is 0 Å². The van der Waals surface area contributed by atoms with Crippen LogP contribution in [0.4, 0.5) is 13.2 Å². The number of rotatable bonds is 2. The van der Waals surface area contributed by atoms with Crippen LogP contribution in [0, 0.1) is 17.5 Å². The zero-order valence-corrected chi connectivity index (χ0v) is 12.5. The Morgan fingerprint density at radius 1 is 0.895 bits per heavy atom. The summed E-state index contributed by atoms with van der Waals surface area (Å²) < 4.78 is 40.9. The summed E-state index contributed by atoms with van der Waals surface area (Å²) in [7, 11) is 0. The minimum absolute atomic E-state index is 0.316. The van der Waals surface area contributed by atoms with Crippen LogP contribution in [0.1, 0.15) is 17.2 Å². The first-order valence-electron chi connectivity index (χ1n) is 5.17. The van der Waals surface area contributed by atoms with Crippen molar-refractivity contribution in [2.45, 2.75) is 6.10 Å². The van der Waals surface area contributed by atoms with Crippen LogP contribution >= 0.6 is 31.9 Å². The molecule has 0 aliphatic heterocycles. The number of aliphatic hydroxyl groups is 1. The molecule has 6 heteroatoms. The summed E-state index contributed by atoms with van der Waals surface area (Å²) in [6.45, 7) is 0. The summed E-state index contributed by atoms with van der Waals surface area (Å²) >= 11 is 6.46. The maximum absolute atomic E-state index is 13.6. The second-order valence-corrected chi connectivity index (χ2v) is 5.70. The highest BCUT2D eigenvalue weighted by atomic mass is 79.9. The van der Waals surface area contributed by atoms with E-state index in [1.807, 2.05) is 0 Å². The standard InChI is InChI=1S/C13H7Br2F3O/c14-7-3-6(4-8(15)5-7)13(19)9-1-2-10(16)12(18)11(9)17/h1-5,13,19H. The molecule has 19 heavy (non-hydrogen) atoms. The van der Waals surface area contributed by atoms with Crippen LogP contribution < -0.4 is 0 Å². The van der Waals surface area contributed by atoms with Crippen molar-refractivity contribution in [3.63, 3.8) is 0 Å². The minimum atomic E-state index is -1.59. The van der Waals surface area contributed by atoms with Crippen LogP contribution in [0.3, 0.4) is 0 Å². The normalized spacial score (nSPS) is 12.5. The van der Waals surface area contributed by atoms with Crippen LogP contribution in [0.2, 0.25) is 0 Å². The molecule has 1 nitrogen and oxygen atoms in total. The van der Waals surface area contributed by atoms with Crippen LogP contribution in [-0.4, -0.2) is 5.11 Å². The monoisotopic (exact) mass is 394 g/mol. The molecule has 1 atom stereocenters. The molecule has 0 fully saturated rings. The van der Waals surface area contributed by atoms with Crippen molar-refractivity contribution in [3.05, 3.63) is 67.9 Å². The van der Waals surface area contributed by atoms with Gasteiger partial charge in [-0.2, -0.15) is 0 Å². The van der Waals surface area contributed by atoms with Crippen LogP contribution in [0.25, 0.3) is 0 Å². The Bertz CT molecular complexity index is 611. The lowest BCUT2D eigenvalue weighted by molar-refractivity contribution is 0.212. The molecule has 0 saturated carbocycles. The topological polar surface area (TPSA) is 20.2 Å². The average molecular weight is 396 g/mol. The van der Waals surface area contributed by atoms with Crippen LogP contribution in [0.5, 0.6) is 0 Å². The fraction of sp³-hybridized carbons (Fsp3) is 0.0769. The molecule has 0 bridgehead atoms. The molecule has 1 unspecified atom stereocenters. The molecule has 2 aromatic carbocycles. The quantitative estimate of drug-likeness (QED) is 0.730. The third-order valence-electron chi connectivity index (χ3n) is 2.56. The van der Waals surface area contributed by atoms with E-state index in [0.29, 0.717) is 14.5 Å². The second-order valence-electron chi connectivity index (χ2n) is 3.87. The highest BCUT2D eigenvalue weighted by Gasteiger charge is 2.20. The lowest BCUT2D eigenvalue weighted by Gasteiger charge is -2.14. The summed E-state index contributed by atoms with van der Waals surface area (Å²) in [5.74, 6) is -4.27. The van der Waals surface area contributed by atoms with E-state index in [-0.39, 0.29) is 5.56 Å². The van der Waals surface area contributed by atoms with Crippen molar-refractivity contribution in [1.29, 1.82) is 0 Å². The van der Waals surface area contributed by atoms with E-state index in [1.54, 1.807) is 18.2 Å². The van der Waals surface area contributed by atoms with Gasteiger partial charge in [-0.25, -0.2) is 13.2 Å². The zero-order chi connectivity index (χ0) is 14.2. The largest absolute Gasteiger partial charge is 0.384 e. The maximum atomic E-state index is 13.6. The van der Waals surface area contributed by atoms with Gasteiger partial charge in [0.2, 0.25) is 0 Å². The third-order valence-corrected chi connectivity index (χ3v) is 3.48. The van der Waals surface area contributed by atoms with Gasteiger partial charge >= 0.3 is 0 Å². The molecule has 0 saturated heterocycles. The van der Waals surface area contributed by atoms with Gasteiger partial charge < -0.3 is 5.11 Å². The maximum Gasteiger partial charge on any atom is 0.194 e. The third kappa shape index (κ3) is 3.01. The van der Waals surface area contributed by atoms with E-state index in [0.717, 1.165) is 12.1 Å². The molecule has 0 radical (unpaired) electrons. The van der Waals surface area contributed by atoms with Crippen molar-refractivity contribution in [2.24, 2.45) is 0 Å². The molecule has 2 rings (SSSR count). The number of aliphatic hydroxyl groups excluding tert-OH is 1. The van der Waals surface area contributed by atoms with Gasteiger partial charge in [-0.1, -0.05) is 37.9 Å². The molecule has 1 N–H and O–H groups in total. The summed E-state index contributed by atoms with van der Waals surface area (Å²) in [6, 6.07) is 6.67. The lowest BCUT2D eigenvalue weighted by Crippen LogP contribution is -2.05. The van der Waals surface area contributed by atoms with Crippen LogP contribution in [-0.2, 0) is 0 Å². The highest BCUT2D eigenvalue weighted by Crippen LogP contribution is 2.30. The highest BCUT2D eigenvalue weighted by molar-refractivity contribution is 9.11. The summed E-state index contributed by atoms with van der Waals surface area (Å²) in [6.07, 6.45) is -1.39. The Balaban J connectivity index is 2.50. The van der Waals surface area contributed by atoms with Gasteiger partial charge in [0.1, 0.15) is 6.10 Å². The molecule has 0 aliphatic carbocycles. The number of hydrogen-bond acceptors (Lipinski definition) is 1. The smallest absolute Gasteiger partial charge is 0.194 e. The van der Waals surface area contributed by atoms with Crippen molar-refractivity contribution >= 4 is 31.9 Å². The molecule has 0 aromatic heterocycles. The fourth-order valence-corrected chi connectivity index (χ4v) is 2.99. The molecule has 0 amide bonds. The molecular formula is C13H7Br2F3O. The summed E-state index contributed by atoms with van der Waals surface area (Å²) in [5, 5.41) is 10.1. The van der Waals surface area contributed by atoms with Gasteiger partial charge in [-0.3, -0.25) is 0 Å². The van der Waals surface area contributed by atoms with Crippen molar-refractivity contribution in [1.82, 2.24) is 0 Å². The predicted molar refractivity (Wildman–Crippen MR) is 72.2 cm³/mol. The van der Waals surface area contributed by atoms with E-state index in [9.17, 15) is 18.3 Å². The lowest BCUT2D eigenvalue weighted by atomic mass is 10.0. The Kier molecular flexibility index (Phi) is 4.32. The predicted octanol–water partition coefficient (Wildman–Crippen LogP) is 4.71. The van der Waals surface area contributed by atoms with Crippen molar-refractivity contribution < 1.29 is 18.3 Å². The Labute approximate surface area is 124 Å². The van der Waals surface area contributed by atoms with Gasteiger partial charge in [0, 0.05) is 14.5 Å². The first kappa shape index (κ1) is 14.6. The molecule has 2 aromatic rings. The Morgan fingerprint density at radius 3 is 2.05 bits per heavy atom. The number of benzene rings is 2. The molecular weight excluding hydrogens is 389 g/mol. The first-order valence-corrected chi connectivity index (χ1v) is 6.76. The van der Waals surface area contributed by atoms with Crippen molar-refractivity contribution in [2.75, 3.05) is 0 Å². The fourth-order valence-electron chi connectivity index (χ4n) is 1.66. The van der Waals surface area contributed by atoms with Gasteiger partial charge in [0.05, 0.1) is 0 Å². The summed E-state index contributed by atoms with van der Waals surface area (Å²) in [4.78, 5) is 0. The Morgan fingerprint density at radius 2 is 1.47 bits per heavy atom. The van der Waals surface area contributed by atoms with Gasteiger partial charge in [-0.15, -0.1) is 0 Å². The zero-order valence-electron chi connectivity index (χ0n) is 9.30. The van der Waals surface area contributed by atoms with E-state index < -0.39 is 23.6 Å². The van der Waals surface area contributed by atoms with Gasteiger partial charge in [0.25, 0.3) is 0 Å².